The van der Waals surface area contributed by atoms with E-state index in [1.807, 2.05) is 0 Å². The van der Waals surface area contributed by atoms with Crippen molar-refractivity contribution in [3.05, 3.63) is 24.0 Å². The number of hydrogen-bond donors (Lipinski definition) is 1. The average Bonchev–Trinajstić information content (AvgIpc) is 2.57. The van der Waals surface area contributed by atoms with Crippen molar-refractivity contribution in [3.8, 4) is 0 Å². The van der Waals surface area contributed by atoms with E-state index in [-0.39, 0.29) is 10.6 Å². The van der Waals surface area contributed by atoms with Crippen LogP contribution >= 0.6 is 0 Å². The topological polar surface area (TPSA) is 63.4 Å². The Morgan fingerprint density at radius 1 is 1.32 bits per heavy atom. The molecule has 19 heavy (non-hydrogen) atoms. The number of anilines is 1. The van der Waals surface area contributed by atoms with Gasteiger partial charge in [0.1, 0.15) is 10.7 Å². The van der Waals surface area contributed by atoms with E-state index in [9.17, 15) is 12.8 Å². The van der Waals surface area contributed by atoms with Crippen LogP contribution in [0, 0.1) is 11.7 Å². The highest BCUT2D eigenvalue weighted by atomic mass is 32.2. The second-order valence-corrected chi connectivity index (χ2v) is 7.00. The summed E-state index contributed by atoms with van der Waals surface area (Å²) in [6, 6.07) is 3.90. The molecule has 0 bridgehead atoms. The fourth-order valence-electron chi connectivity index (χ4n) is 2.36. The molecular formula is C13H19FN2O2S. The molecule has 0 saturated carbocycles. The first-order valence-corrected chi connectivity index (χ1v) is 7.91. The van der Waals surface area contributed by atoms with Crippen molar-refractivity contribution in [2.45, 2.75) is 31.1 Å². The van der Waals surface area contributed by atoms with Crippen molar-refractivity contribution in [1.29, 1.82) is 0 Å². The van der Waals surface area contributed by atoms with Gasteiger partial charge in [-0.25, -0.2) is 12.8 Å². The van der Waals surface area contributed by atoms with Crippen molar-refractivity contribution in [2.75, 3.05) is 18.8 Å². The Bertz CT molecular complexity index is 560. The molecule has 1 aromatic rings. The molecule has 4 nitrogen and oxygen atoms in total. The molecule has 1 aliphatic heterocycles. The van der Waals surface area contributed by atoms with Gasteiger partial charge in [0, 0.05) is 13.1 Å². The van der Waals surface area contributed by atoms with E-state index in [1.54, 1.807) is 0 Å². The molecule has 0 aromatic heterocycles. The molecule has 1 heterocycles. The lowest BCUT2D eigenvalue weighted by Gasteiger charge is -2.21. The normalized spacial score (nSPS) is 22.1. The first-order valence-electron chi connectivity index (χ1n) is 6.47. The van der Waals surface area contributed by atoms with Crippen molar-refractivity contribution >= 4 is 15.7 Å². The van der Waals surface area contributed by atoms with Gasteiger partial charge in [-0.3, -0.25) is 0 Å². The lowest BCUT2D eigenvalue weighted by atomic mass is 10.0. The predicted molar refractivity (Wildman–Crippen MR) is 72.6 cm³/mol. The molecule has 106 valence electrons. The van der Waals surface area contributed by atoms with Gasteiger partial charge in [-0.15, -0.1) is 0 Å². The fraction of sp³-hybridized carbons (Fsp3) is 0.538. The van der Waals surface area contributed by atoms with Gasteiger partial charge in [0.2, 0.25) is 10.0 Å². The molecule has 0 radical (unpaired) electrons. The highest BCUT2D eigenvalue weighted by molar-refractivity contribution is 7.89. The summed E-state index contributed by atoms with van der Waals surface area (Å²) in [6.07, 6.45) is 2.68. The number of nitrogen functional groups attached to an aromatic ring is 1. The van der Waals surface area contributed by atoms with E-state index in [2.05, 4.69) is 6.92 Å². The zero-order chi connectivity index (χ0) is 14.0. The van der Waals surface area contributed by atoms with Gasteiger partial charge in [-0.1, -0.05) is 13.0 Å². The maximum atomic E-state index is 13.4. The first-order chi connectivity index (χ1) is 8.93. The van der Waals surface area contributed by atoms with Gasteiger partial charge < -0.3 is 5.73 Å². The van der Waals surface area contributed by atoms with Crippen molar-refractivity contribution in [1.82, 2.24) is 4.31 Å². The van der Waals surface area contributed by atoms with Crippen LogP contribution in [0.4, 0.5) is 10.1 Å². The van der Waals surface area contributed by atoms with Crippen LogP contribution in [0.5, 0.6) is 0 Å². The minimum absolute atomic E-state index is 0.123. The third kappa shape index (κ3) is 2.90. The summed E-state index contributed by atoms with van der Waals surface area (Å²) >= 11 is 0. The van der Waals surface area contributed by atoms with Crippen LogP contribution in [0.15, 0.2) is 23.1 Å². The second-order valence-electron chi connectivity index (χ2n) is 5.09. The Kier molecular flexibility index (Phi) is 4.10. The van der Waals surface area contributed by atoms with Gasteiger partial charge in [0.15, 0.2) is 0 Å². The number of benzene rings is 1. The van der Waals surface area contributed by atoms with Crippen LogP contribution in [-0.4, -0.2) is 25.8 Å². The van der Waals surface area contributed by atoms with E-state index in [1.165, 1.54) is 22.5 Å². The molecule has 2 rings (SSSR count). The molecular weight excluding hydrogens is 267 g/mol. The van der Waals surface area contributed by atoms with Gasteiger partial charge in [-0.2, -0.15) is 4.31 Å². The third-order valence-corrected chi connectivity index (χ3v) is 5.56. The van der Waals surface area contributed by atoms with Crippen LogP contribution in [0.3, 0.4) is 0 Å². The molecule has 1 aromatic carbocycles. The van der Waals surface area contributed by atoms with Gasteiger partial charge in [0.25, 0.3) is 0 Å². The first kappa shape index (κ1) is 14.3. The number of halogens is 1. The van der Waals surface area contributed by atoms with E-state index < -0.39 is 15.8 Å². The summed E-state index contributed by atoms with van der Waals surface area (Å²) in [6.45, 7) is 3.06. The number of para-hydroxylation sites is 1. The Hall–Kier alpha value is -1.14. The molecule has 0 amide bonds. The van der Waals surface area contributed by atoms with Gasteiger partial charge in [-0.05, 0) is 37.3 Å². The third-order valence-electron chi connectivity index (χ3n) is 3.61. The molecule has 0 spiro atoms. The monoisotopic (exact) mass is 286 g/mol. The van der Waals surface area contributed by atoms with Crippen LogP contribution in [0.1, 0.15) is 26.2 Å². The van der Waals surface area contributed by atoms with E-state index >= 15 is 0 Å². The summed E-state index contributed by atoms with van der Waals surface area (Å²) < 4.78 is 39.8. The molecule has 1 fully saturated rings. The number of nitrogens with zero attached hydrogens (tertiary/aromatic N) is 1. The number of sulfonamides is 1. The summed E-state index contributed by atoms with van der Waals surface area (Å²) in [7, 11) is -3.69. The van der Waals surface area contributed by atoms with E-state index in [4.69, 9.17) is 5.73 Å². The number of nitrogens with two attached hydrogens (primary N) is 1. The Morgan fingerprint density at radius 2 is 2.05 bits per heavy atom. The minimum atomic E-state index is -3.69. The number of rotatable bonds is 2. The van der Waals surface area contributed by atoms with Crippen LogP contribution < -0.4 is 5.73 Å². The maximum absolute atomic E-state index is 13.4. The molecule has 1 atom stereocenters. The Labute approximate surface area is 113 Å². The summed E-state index contributed by atoms with van der Waals surface area (Å²) in [5, 5.41) is 0. The molecule has 1 aliphatic rings. The smallest absolute Gasteiger partial charge is 0.245 e. The summed E-state index contributed by atoms with van der Waals surface area (Å²) in [4.78, 5) is -0.123. The summed E-state index contributed by atoms with van der Waals surface area (Å²) in [5.74, 6) is -0.172. The van der Waals surface area contributed by atoms with Crippen LogP contribution in [0.25, 0.3) is 0 Å². The zero-order valence-electron chi connectivity index (χ0n) is 11.0. The summed E-state index contributed by atoms with van der Waals surface area (Å²) in [5.41, 5.74) is 5.27. The molecule has 2 N–H and O–H groups in total. The Morgan fingerprint density at radius 3 is 2.79 bits per heavy atom. The maximum Gasteiger partial charge on any atom is 0.245 e. The van der Waals surface area contributed by atoms with Crippen LogP contribution in [-0.2, 0) is 10.0 Å². The lowest BCUT2D eigenvalue weighted by Crippen LogP contribution is -2.32. The fourth-order valence-corrected chi connectivity index (χ4v) is 3.98. The van der Waals surface area contributed by atoms with Crippen molar-refractivity contribution in [3.63, 3.8) is 0 Å². The predicted octanol–water partition coefficient (Wildman–Crippen LogP) is 2.22. The molecule has 6 heteroatoms. The van der Waals surface area contributed by atoms with E-state index in [0.717, 1.165) is 19.3 Å². The SMILES string of the molecule is CC1CCCN(S(=O)(=O)c2cccc(F)c2N)CC1. The van der Waals surface area contributed by atoms with Crippen LogP contribution in [0.2, 0.25) is 0 Å². The van der Waals surface area contributed by atoms with Gasteiger partial charge >= 0.3 is 0 Å². The Balaban J connectivity index is 2.34. The van der Waals surface area contributed by atoms with Crippen molar-refractivity contribution < 1.29 is 12.8 Å². The average molecular weight is 286 g/mol. The molecule has 1 unspecified atom stereocenters. The quantitative estimate of drug-likeness (QED) is 0.848. The molecule has 1 saturated heterocycles. The van der Waals surface area contributed by atoms with Crippen molar-refractivity contribution in [2.24, 2.45) is 5.92 Å². The highest BCUT2D eigenvalue weighted by Crippen LogP contribution is 2.27. The van der Waals surface area contributed by atoms with Gasteiger partial charge in [0.05, 0.1) is 5.69 Å². The lowest BCUT2D eigenvalue weighted by molar-refractivity contribution is 0.416. The highest BCUT2D eigenvalue weighted by Gasteiger charge is 2.28. The standard InChI is InChI=1S/C13H19FN2O2S/c1-10-4-3-8-16(9-7-10)19(17,18)12-6-2-5-11(14)13(12)15/h2,5-6,10H,3-4,7-9,15H2,1H3. The largest absolute Gasteiger partial charge is 0.395 e. The molecule has 0 aliphatic carbocycles. The minimum Gasteiger partial charge on any atom is -0.395 e. The number of hydrogen-bond acceptors (Lipinski definition) is 3. The second kappa shape index (κ2) is 5.46. The van der Waals surface area contributed by atoms with E-state index in [0.29, 0.717) is 19.0 Å². The zero-order valence-corrected chi connectivity index (χ0v) is 11.8.